The van der Waals surface area contributed by atoms with E-state index in [1.807, 2.05) is 0 Å². The van der Waals surface area contributed by atoms with Gasteiger partial charge in [-0.15, -0.1) is 0 Å². The predicted molar refractivity (Wildman–Crippen MR) is 134 cm³/mol. The molecule has 0 radical (unpaired) electrons. The first kappa shape index (κ1) is 27.2. The van der Waals surface area contributed by atoms with Crippen molar-refractivity contribution in [3.8, 4) is 0 Å². The van der Waals surface area contributed by atoms with Crippen molar-refractivity contribution in [2.45, 2.75) is 68.2 Å². The summed E-state index contributed by atoms with van der Waals surface area (Å²) >= 11 is -0.689. The zero-order valence-corrected chi connectivity index (χ0v) is 26.1. The van der Waals surface area contributed by atoms with Gasteiger partial charge in [0.05, 0.1) is 0 Å². The van der Waals surface area contributed by atoms with Crippen LogP contribution in [0.5, 0.6) is 0 Å². The van der Waals surface area contributed by atoms with Crippen LogP contribution in [-0.2, 0) is 36.1 Å². The van der Waals surface area contributed by atoms with E-state index in [-0.39, 0.29) is 24.8 Å². The minimum atomic E-state index is -1.23. The number of allylic oxidation sites excluding steroid dienone is 2. The second-order valence-corrected chi connectivity index (χ2v) is 17.2. The minimum absolute atomic E-state index is 0. The molecule has 0 nitrogen and oxygen atoms in total. The van der Waals surface area contributed by atoms with Gasteiger partial charge in [0, 0.05) is 0 Å². The monoisotopic (exact) mass is 572 g/mol. The van der Waals surface area contributed by atoms with Crippen LogP contribution in [0.2, 0.25) is 6.55 Å². The summed E-state index contributed by atoms with van der Waals surface area (Å²) in [6.07, 6.45) is 2.40. The van der Waals surface area contributed by atoms with Crippen LogP contribution < -0.4 is 24.8 Å². The van der Waals surface area contributed by atoms with Crippen LogP contribution in [0.1, 0.15) is 82.2 Å². The molecule has 4 heteroatoms. The topological polar surface area (TPSA) is 0 Å². The molecule has 0 spiro atoms. The standard InChI is InChI=1S/C29H36Si.2ClH.Zr/c1-18(2)12-22-8-10-24-14-20(5)28(26(24)16-22)30(7)29-21(6)15-25-11-9-23(13-19(3)4)17-27(25)29;;;/h8-11,14-19,30H,12-13H2,1-7H3;2*1H;/q;;;+2/p-2. The summed E-state index contributed by atoms with van der Waals surface area (Å²) in [7, 11) is -1.23. The molecule has 2 aromatic rings. The summed E-state index contributed by atoms with van der Waals surface area (Å²) in [5.41, 5.74) is 13.3. The predicted octanol–water partition coefficient (Wildman–Crippen LogP) is 1.48. The Kier molecular flexibility index (Phi) is 8.49. The van der Waals surface area contributed by atoms with E-state index in [4.69, 9.17) is 0 Å². The van der Waals surface area contributed by atoms with Crippen LogP contribution >= 0.6 is 0 Å². The quantitative estimate of drug-likeness (QED) is 0.486. The fraction of sp³-hybridized carbons (Fsp3) is 0.448. The van der Waals surface area contributed by atoms with Gasteiger partial charge in [0.1, 0.15) is 0 Å². The first-order valence-electron chi connectivity index (χ1n) is 12.2. The number of hydrogen-bond acceptors (Lipinski definition) is 0. The summed E-state index contributed by atoms with van der Waals surface area (Å²) in [5, 5.41) is 3.61. The molecule has 2 aliphatic carbocycles. The Hall–Kier alpha value is -0.400. The van der Waals surface area contributed by atoms with E-state index in [1.54, 1.807) is 54.9 Å². The molecule has 0 fully saturated rings. The Morgan fingerprint density at radius 1 is 0.727 bits per heavy atom. The summed E-state index contributed by atoms with van der Waals surface area (Å²) in [6.45, 7) is 17.0. The zero-order valence-electron chi connectivity index (χ0n) is 21.0. The molecule has 0 aromatic heterocycles. The molecular formula is C29H36Cl2SiZr. The van der Waals surface area contributed by atoms with Crippen LogP contribution in [0, 0.1) is 11.8 Å². The normalized spacial score (nSPS) is 22.2. The van der Waals surface area contributed by atoms with Crippen LogP contribution in [0.3, 0.4) is 0 Å². The van der Waals surface area contributed by atoms with Crippen LogP contribution in [-0.4, -0.2) is 8.80 Å². The van der Waals surface area contributed by atoms with Crippen LogP contribution in [0.4, 0.5) is 0 Å². The average molecular weight is 575 g/mol. The van der Waals surface area contributed by atoms with E-state index >= 15 is 0 Å². The Morgan fingerprint density at radius 2 is 1.12 bits per heavy atom. The van der Waals surface area contributed by atoms with Crippen LogP contribution in [0.25, 0.3) is 10.4 Å². The molecule has 0 saturated heterocycles. The molecule has 0 N–H and O–H groups in total. The number of rotatable bonds is 4. The maximum atomic E-state index is 2.64. The first-order chi connectivity index (χ1) is 14.8. The molecule has 2 unspecified atom stereocenters. The maximum absolute atomic E-state index is 2.64. The van der Waals surface area contributed by atoms with E-state index < -0.39 is 32.0 Å². The third kappa shape index (κ3) is 4.60. The van der Waals surface area contributed by atoms with E-state index in [1.165, 1.54) is 12.8 Å². The summed E-state index contributed by atoms with van der Waals surface area (Å²) in [4.78, 5) is 0. The fourth-order valence-corrected chi connectivity index (χ4v) is 15.6. The number of hydrogen-bond donors (Lipinski definition) is 0. The maximum Gasteiger partial charge on any atom is -1.00 e. The van der Waals surface area contributed by atoms with Crippen molar-refractivity contribution in [3.05, 3.63) is 80.9 Å². The third-order valence-corrected chi connectivity index (χ3v) is 16.2. The van der Waals surface area contributed by atoms with Gasteiger partial charge in [0.25, 0.3) is 0 Å². The van der Waals surface area contributed by atoms with Gasteiger partial charge in [0.15, 0.2) is 0 Å². The van der Waals surface area contributed by atoms with Crippen molar-refractivity contribution < 1.29 is 48.0 Å². The molecule has 33 heavy (non-hydrogen) atoms. The molecule has 2 atom stereocenters. The van der Waals surface area contributed by atoms with Crippen molar-refractivity contribution in [3.63, 3.8) is 0 Å². The Labute approximate surface area is 226 Å². The first-order valence-corrected chi connectivity index (χ1v) is 17.3. The van der Waals surface area contributed by atoms with Crippen molar-refractivity contribution in [2.24, 2.45) is 11.8 Å². The number of halogens is 2. The molecule has 1 heterocycles. The Morgan fingerprint density at radius 3 is 1.48 bits per heavy atom. The van der Waals surface area contributed by atoms with Gasteiger partial charge in [0.2, 0.25) is 0 Å². The van der Waals surface area contributed by atoms with Crippen LogP contribution in [0.15, 0.2) is 47.5 Å². The average Bonchev–Trinajstić information content (AvgIpc) is 3.13. The Balaban J connectivity index is 0.00000153. The van der Waals surface area contributed by atoms with Crippen molar-refractivity contribution in [1.29, 1.82) is 0 Å². The summed E-state index contributed by atoms with van der Waals surface area (Å²) in [6, 6.07) is 15.1. The molecule has 5 rings (SSSR count). The van der Waals surface area contributed by atoms with E-state index in [0.29, 0.717) is 0 Å². The molecule has 174 valence electrons. The van der Waals surface area contributed by atoms with Gasteiger partial charge in [-0.2, -0.15) is 0 Å². The molecular weight excluding hydrogens is 539 g/mol. The van der Waals surface area contributed by atoms with Crippen molar-refractivity contribution in [1.82, 2.24) is 0 Å². The molecule has 1 aliphatic heterocycles. The van der Waals surface area contributed by atoms with Crippen molar-refractivity contribution >= 4 is 19.2 Å². The number of fused-ring (bicyclic) bond motifs is 8. The van der Waals surface area contributed by atoms with E-state index in [9.17, 15) is 0 Å². The van der Waals surface area contributed by atoms with Gasteiger partial charge in [-0.05, 0) is 0 Å². The van der Waals surface area contributed by atoms with Gasteiger partial charge in [-0.25, -0.2) is 0 Å². The fourth-order valence-electron chi connectivity index (χ4n) is 6.47. The van der Waals surface area contributed by atoms with Gasteiger partial charge in [-0.3, -0.25) is 0 Å². The zero-order chi connectivity index (χ0) is 22.0. The second-order valence-electron chi connectivity index (χ2n) is 11.0. The molecule has 3 aliphatic rings. The smallest absolute Gasteiger partial charge is 1.00 e. The second kappa shape index (κ2) is 10.3. The van der Waals surface area contributed by atoms with Gasteiger partial charge in [-0.1, -0.05) is 0 Å². The molecule has 2 aromatic carbocycles. The summed E-state index contributed by atoms with van der Waals surface area (Å²) in [5.74, 6) is 1.44. The third-order valence-electron chi connectivity index (χ3n) is 7.64. The van der Waals surface area contributed by atoms with Crippen molar-refractivity contribution in [2.75, 3.05) is 0 Å². The summed E-state index contributed by atoms with van der Waals surface area (Å²) < 4.78 is 1.55. The number of benzene rings is 2. The SMILES string of the molecule is CC1=C2c3cc(CC(C)C)ccc3[CH]1[Zr+2][CH]1C(C)=C(c3cc(CC(C)C)ccc31)[SiH]2C.[Cl-].[Cl-]. The molecule has 4 bridgehead atoms. The van der Waals surface area contributed by atoms with E-state index in [0.717, 1.165) is 19.1 Å². The van der Waals surface area contributed by atoms with Gasteiger partial charge < -0.3 is 24.8 Å². The van der Waals surface area contributed by atoms with Gasteiger partial charge >= 0.3 is 203 Å². The Bertz CT molecular complexity index is 1040. The molecule has 0 amide bonds. The molecule has 0 saturated carbocycles. The minimum Gasteiger partial charge on any atom is -1.00 e. The van der Waals surface area contributed by atoms with E-state index in [2.05, 4.69) is 84.5 Å². The largest absolute Gasteiger partial charge is 1.00 e.